The maximum absolute atomic E-state index is 11.5. The van der Waals surface area contributed by atoms with E-state index in [9.17, 15) is 4.79 Å². The van der Waals surface area contributed by atoms with Gasteiger partial charge in [-0.2, -0.15) is 0 Å². The predicted octanol–water partition coefficient (Wildman–Crippen LogP) is 3.45. The smallest absolute Gasteiger partial charge is 0.305 e. The summed E-state index contributed by atoms with van der Waals surface area (Å²) in [6.45, 7) is 5.85. The molecule has 0 saturated carbocycles. The molecule has 22 heavy (non-hydrogen) atoms. The number of aromatic amines is 1. The topological polar surface area (TPSA) is 58.6 Å². The summed E-state index contributed by atoms with van der Waals surface area (Å²) in [4.78, 5) is 22.3. The summed E-state index contributed by atoms with van der Waals surface area (Å²) in [7, 11) is 0. The second kappa shape index (κ2) is 5.77. The molecule has 0 amide bonds. The Morgan fingerprint density at radius 3 is 2.73 bits per heavy atom. The monoisotopic (exact) mass is 289 g/mol. The van der Waals surface area contributed by atoms with Crippen LogP contribution in [0, 0.1) is 6.92 Å². The summed E-state index contributed by atoms with van der Waals surface area (Å²) >= 11 is 0. The van der Waals surface area contributed by atoms with Crippen LogP contribution in [0.3, 0.4) is 0 Å². The third-order valence-electron chi connectivity index (χ3n) is 3.54. The second-order valence-corrected chi connectivity index (χ2v) is 4.96. The number of pyridine rings is 1. The van der Waals surface area contributed by atoms with Gasteiger partial charge >= 0.3 is 5.69 Å². The Hall–Kier alpha value is -3.01. The van der Waals surface area contributed by atoms with Crippen molar-refractivity contribution in [1.29, 1.82) is 0 Å². The van der Waals surface area contributed by atoms with Gasteiger partial charge in [0.05, 0.1) is 11.4 Å². The molecule has 0 aliphatic rings. The van der Waals surface area contributed by atoms with Gasteiger partial charge < -0.3 is 4.98 Å². The van der Waals surface area contributed by atoms with Gasteiger partial charge in [0.25, 0.3) is 0 Å². The van der Waals surface area contributed by atoms with Gasteiger partial charge in [-0.05, 0) is 42.3 Å². The normalized spacial score (nSPS) is 10.4. The van der Waals surface area contributed by atoms with E-state index in [0.29, 0.717) is 5.69 Å². The highest BCUT2D eigenvalue weighted by Crippen LogP contribution is 2.29. The van der Waals surface area contributed by atoms with Gasteiger partial charge in [0.1, 0.15) is 0 Å². The van der Waals surface area contributed by atoms with Gasteiger partial charge in [0.2, 0.25) is 0 Å². The summed E-state index contributed by atoms with van der Waals surface area (Å²) in [5.74, 6) is 0. The number of aromatic nitrogens is 3. The van der Waals surface area contributed by atoms with Crippen molar-refractivity contribution >= 4 is 6.08 Å². The van der Waals surface area contributed by atoms with Crippen LogP contribution in [0.1, 0.15) is 11.1 Å². The molecule has 0 saturated heterocycles. The molecule has 0 aliphatic carbocycles. The Morgan fingerprint density at radius 2 is 2.00 bits per heavy atom. The average molecular weight is 289 g/mol. The zero-order valence-corrected chi connectivity index (χ0v) is 12.2. The first-order valence-corrected chi connectivity index (χ1v) is 6.93. The van der Waals surface area contributed by atoms with Crippen LogP contribution >= 0.6 is 0 Å². The van der Waals surface area contributed by atoms with Gasteiger partial charge in [0.15, 0.2) is 0 Å². The van der Waals surface area contributed by atoms with Gasteiger partial charge in [-0.15, -0.1) is 0 Å². The number of nitrogens with one attached hydrogen (secondary N) is 1. The number of hydrogen-bond acceptors (Lipinski definition) is 3. The van der Waals surface area contributed by atoms with Crippen LogP contribution < -0.4 is 5.69 Å². The fourth-order valence-electron chi connectivity index (χ4n) is 2.43. The van der Waals surface area contributed by atoms with Crippen molar-refractivity contribution in [3.63, 3.8) is 0 Å². The average Bonchev–Trinajstić information content (AvgIpc) is 2.55. The van der Waals surface area contributed by atoms with E-state index in [1.165, 1.54) is 6.20 Å². The van der Waals surface area contributed by atoms with Crippen LogP contribution in [-0.2, 0) is 0 Å². The lowest BCUT2D eigenvalue weighted by atomic mass is 9.99. The molecule has 108 valence electrons. The van der Waals surface area contributed by atoms with E-state index in [0.717, 1.165) is 27.9 Å². The maximum Gasteiger partial charge on any atom is 0.345 e. The quantitative estimate of drug-likeness (QED) is 0.803. The molecule has 0 fully saturated rings. The van der Waals surface area contributed by atoms with Crippen molar-refractivity contribution in [2.24, 2.45) is 0 Å². The first-order chi connectivity index (χ1) is 10.7. The van der Waals surface area contributed by atoms with E-state index in [2.05, 4.69) is 27.6 Å². The highest BCUT2D eigenvalue weighted by Gasteiger charge is 2.10. The van der Waals surface area contributed by atoms with Crippen LogP contribution in [0.25, 0.3) is 28.6 Å². The van der Waals surface area contributed by atoms with Gasteiger partial charge in [-0.3, -0.25) is 4.98 Å². The first-order valence-electron chi connectivity index (χ1n) is 6.93. The van der Waals surface area contributed by atoms with Crippen LogP contribution in [-0.4, -0.2) is 15.0 Å². The molecule has 0 radical (unpaired) electrons. The Balaban J connectivity index is 2.18. The molecule has 2 heterocycles. The van der Waals surface area contributed by atoms with Crippen LogP contribution in [0.15, 0.2) is 60.2 Å². The van der Waals surface area contributed by atoms with Crippen LogP contribution in [0.5, 0.6) is 0 Å². The number of nitrogens with zero attached hydrogens (tertiary/aromatic N) is 2. The fourth-order valence-corrected chi connectivity index (χ4v) is 2.43. The van der Waals surface area contributed by atoms with Gasteiger partial charge in [0, 0.05) is 23.5 Å². The Kier molecular flexibility index (Phi) is 3.66. The zero-order valence-electron chi connectivity index (χ0n) is 12.2. The highest BCUT2D eigenvalue weighted by atomic mass is 16.1. The van der Waals surface area contributed by atoms with Crippen molar-refractivity contribution in [3.8, 4) is 22.5 Å². The molecule has 0 aliphatic heterocycles. The minimum absolute atomic E-state index is 0.370. The van der Waals surface area contributed by atoms with Crippen molar-refractivity contribution in [2.75, 3.05) is 0 Å². The number of hydrogen-bond donors (Lipinski definition) is 1. The molecule has 0 unspecified atom stereocenters. The number of benzene rings is 1. The second-order valence-electron chi connectivity index (χ2n) is 4.96. The molecule has 1 N–H and O–H groups in total. The molecule has 0 atom stereocenters. The lowest BCUT2D eigenvalue weighted by Crippen LogP contribution is -2.09. The molecule has 0 spiro atoms. The Bertz CT molecular complexity index is 897. The van der Waals surface area contributed by atoms with Gasteiger partial charge in [-0.1, -0.05) is 24.8 Å². The summed E-state index contributed by atoms with van der Waals surface area (Å²) in [6, 6.07) is 11.7. The lowest BCUT2D eigenvalue weighted by molar-refractivity contribution is 1.08. The first kappa shape index (κ1) is 13.9. The molecular formula is C18H15N3O. The third-order valence-corrected chi connectivity index (χ3v) is 3.54. The summed E-state index contributed by atoms with van der Waals surface area (Å²) < 4.78 is 0. The number of rotatable bonds is 3. The molecule has 3 aromatic rings. The zero-order chi connectivity index (χ0) is 15.5. The van der Waals surface area contributed by atoms with Crippen molar-refractivity contribution in [2.45, 2.75) is 6.92 Å². The molecule has 3 rings (SSSR count). The number of aryl methyl sites for hydroxylation is 1. The van der Waals surface area contributed by atoms with Crippen molar-refractivity contribution in [3.05, 3.63) is 77.0 Å². The summed E-state index contributed by atoms with van der Waals surface area (Å²) in [5.41, 5.74) is 5.25. The Labute approximate surface area is 128 Å². The lowest BCUT2D eigenvalue weighted by Gasteiger charge is -2.10. The van der Waals surface area contributed by atoms with Crippen LogP contribution in [0.4, 0.5) is 0 Å². The minimum atomic E-state index is -0.370. The minimum Gasteiger partial charge on any atom is -0.305 e. The van der Waals surface area contributed by atoms with E-state index >= 15 is 0 Å². The SMILES string of the molecule is C=Cc1ccc(-c2ncccc2-c2ccnc(=O)[nH]2)cc1C. The predicted molar refractivity (Wildman–Crippen MR) is 88.4 cm³/mol. The third kappa shape index (κ3) is 2.59. The number of H-pyrrole nitrogens is 1. The summed E-state index contributed by atoms with van der Waals surface area (Å²) in [5, 5.41) is 0. The maximum atomic E-state index is 11.5. The molecular weight excluding hydrogens is 274 g/mol. The molecule has 4 heteroatoms. The van der Waals surface area contributed by atoms with Crippen molar-refractivity contribution in [1.82, 2.24) is 15.0 Å². The van der Waals surface area contributed by atoms with Crippen LogP contribution in [0.2, 0.25) is 0 Å². The largest absolute Gasteiger partial charge is 0.345 e. The van der Waals surface area contributed by atoms with Crippen molar-refractivity contribution < 1.29 is 0 Å². The molecule has 0 bridgehead atoms. The van der Waals surface area contributed by atoms with E-state index in [1.54, 1.807) is 12.3 Å². The molecule has 1 aromatic carbocycles. The molecule has 4 nitrogen and oxygen atoms in total. The van der Waals surface area contributed by atoms with Gasteiger partial charge in [-0.25, -0.2) is 9.78 Å². The fraction of sp³-hybridized carbons (Fsp3) is 0.0556. The highest BCUT2D eigenvalue weighted by molar-refractivity contribution is 5.79. The van der Waals surface area contributed by atoms with E-state index in [-0.39, 0.29) is 5.69 Å². The van der Waals surface area contributed by atoms with E-state index < -0.39 is 0 Å². The molecule has 2 aromatic heterocycles. The summed E-state index contributed by atoms with van der Waals surface area (Å²) in [6.07, 6.45) is 5.07. The van der Waals surface area contributed by atoms with E-state index in [1.807, 2.05) is 37.3 Å². The standard InChI is InChI=1S/C18H15N3O/c1-3-13-6-7-14(11-12(13)2)17-15(5-4-9-19-17)16-8-10-20-18(22)21-16/h3-11H,1H2,2H3,(H,20,21,22). The Morgan fingerprint density at radius 1 is 1.14 bits per heavy atom. The van der Waals surface area contributed by atoms with E-state index in [4.69, 9.17) is 0 Å².